The molecule has 0 saturated heterocycles. The van der Waals surface area contributed by atoms with E-state index in [4.69, 9.17) is 10.2 Å². The predicted octanol–water partition coefficient (Wildman–Crippen LogP) is 0.927. The highest BCUT2D eigenvalue weighted by Crippen LogP contribution is 2.08. The van der Waals surface area contributed by atoms with Crippen LogP contribution < -0.4 is 11.1 Å². The number of amides is 1. The number of carbonyl (C=O) groups is 1. The van der Waals surface area contributed by atoms with Crippen molar-refractivity contribution < 1.29 is 9.21 Å². The lowest BCUT2D eigenvalue weighted by Gasteiger charge is -2.02. The molecule has 0 fully saturated rings. The van der Waals surface area contributed by atoms with Gasteiger partial charge in [0.25, 0.3) is 5.91 Å². The topological polar surface area (TPSA) is 94.0 Å². The summed E-state index contributed by atoms with van der Waals surface area (Å²) in [4.78, 5) is 20.2. The highest BCUT2D eigenvalue weighted by molar-refractivity contribution is 5.94. The fourth-order valence-electron chi connectivity index (χ4n) is 1.66. The monoisotopic (exact) mass is 284 g/mol. The number of carbonyl (C=O) groups excluding carboxylic acids is 1. The van der Waals surface area contributed by atoms with E-state index in [1.807, 2.05) is 13.8 Å². The molecule has 6 heteroatoms. The maximum Gasteiger partial charge on any atom is 0.253 e. The molecule has 2 aromatic heterocycles. The number of pyridine rings is 1. The van der Waals surface area contributed by atoms with Gasteiger partial charge in [-0.1, -0.05) is 11.8 Å². The van der Waals surface area contributed by atoms with Crippen molar-refractivity contribution in [1.29, 1.82) is 0 Å². The summed E-state index contributed by atoms with van der Waals surface area (Å²) < 4.78 is 5.40. The Morgan fingerprint density at radius 2 is 2.24 bits per heavy atom. The molecule has 2 rings (SSSR count). The van der Waals surface area contributed by atoms with Gasteiger partial charge in [0, 0.05) is 18.0 Å². The van der Waals surface area contributed by atoms with Crippen molar-refractivity contribution >= 4 is 5.91 Å². The third-order valence-electron chi connectivity index (χ3n) is 2.81. The number of nitrogens with one attached hydrogen (secondary N) is 1. The first-order chi connectivity index (χ1) is 10.1. The van der Waals surface area contributed by atoms with E-state index in [1.54, 1.807) is 12.3 Å². The van der Waals surface area contributed by atoms with Crippen LogP contribution in [-0.4, -0.2) is 22.4 Å². The van der Waals surface area contributed by atoms with Crippen molar-refractivity contribution in [2.45, 2.75) is 20.4 Å². The fraction of sp³-hybridized carbons (Fsp3) is 0.267. The van der Waals surface area contributed by atoms with E-state index in [0.29, 0.717) is 17.0 Å². The molecule has 21 heavy (non-hydrogen) atoms. The van der Waals surface area contributed by atoms with E-state index in [0.717, 1.165) is 11.5 Å². The van der Waals surface area contributed by atoms with Crippen LogP contribution in [0.3, 0.4) is 0 Å². The molecule has 0 saturated carbocycles. The molecule has 0 unspecified atom stereocenters. The zero-order chi connectivity index (χ0) is 15.2. The number of rotatable bonds is 3. The summed E-state index contributed by atoms with van der Waals surface area (Å²) in [6.07, 6.45) is 3.06. The van der Waals surface area contributed by atoms with Crippen LogP contribution in [-0.2, 0) is 6.54 Å². The van der Waals surface area contributed by atoms with Crippen LogP contribution in [0.4, 0.5) is 0 Å². The van der Waals surface area contributed by atoms with Gasteiger partial charge in [0.1, 0.15) is 5.76 Å². The van der Waals surface area contributed by atoms with Crippen molar-refractivity contribution in [1.82, 2.24) is 15.3 Å². The first-order valence-corrected chi connectivity index (χ1v) is 6.45. The molecule has 0 aliphatic heterocycles. The average Bonchev–Trinajstić information content (AvgIpc) is 2.81. The largest absolute Gasteiger partial charge is 0.444 e. The minimum atomic E-state index is -0.257. The van der Waals surface area contributed by atoms with Crippen LogP contribution in [0.15, 0.2) is 22.9 Å². The van der Waals surface area contributed by atoms with Crippen LogP contribution in [0.5, 0.6) is 0 Å². The van der Waals surface area contributed by atoms with E-state index in [9.17, 15) is 4.79 Å². The summed E-state index contributed by atoms with van der Waals surface area (Å²) in [5.74, 6) is 6.52. The number of hydrogen-bond acceptors (Lipinski definition) is 5. The normalized spacial score (nSPS) is 9.86. The standard InChI is InChI=1S/C15H16N4O2/c1-10-11(2)21-14(19-10)9-18-15(20)13-6-12(4-3-5-16)7-17-8-13/h6-8H,5,9,16H2,1-2H3,(H,18,20). The highest BCUT2D eigenvalue weighted by Gasteiger charge is 2.09. The molecule has 0 aliphatic rings. The first kappa shape index (κ1) is 14.8. The molecule has 0 bridgehead atoms. The second-order valence-electron chi connectivity index (χ2n) is 4.40. The minimum Gasteiger partial charge on any atom is -0.444 e. The Kier molecular flexibility index (Phi) is 4.69. The average molecular weight is 284 g/mol. The maximum atomic E-state index is 12.0. The zero-order valence-electron chi connectivity index (χ0n) is 11.9. The summed E-state index contributed by atoms with van der Waals surface area (Å²) in [5.41, 5.74) is 7.21. The molecule has 3 N–H and O–H groups in total. The van der Waals surface area contributed by atoms with Gasteiger partial charge in [0.15, 0.2) is 0 Å². The zero-order valence-corrected chi connectivity index (χ0v) is 11.9. The van der Waals surface area contributed by atoms with Crippen molar-refractivity contribution in [3.05, 3.63) is 46.9 Å². The number of aryl methyl sites for hydroxylation is 2. The highest BCUT2D eigenvalue weighted by atomic mass is 16.4. The van der Waals surface area contributed by atoms with E-state index in [-0.39, 0.29) is 19.0 Å². The molecule has 108 valence electrons. The third-order valence-corrected chi connectivity index (χ3v) is 2.81. The van der Waals surface area contributed by atoms with E-state index >= 15 is 0 Å². The summed E-state index contributed by atoms with van der Waals surface area (Å²) in [7, 11) is 0. The van der Waals surface area contributed by atoms with Gasteiger partial charge < -0.3 is 15.5 Å². The summed E-state index contributed by atoms with van der Waals surface area (Å²) in [6.45, 7) is 4.18. The lowest BCUT2D eigenvalue weighted by atomic mass is 10.2. The summed E-state index contributed by atoms with van der Waals surface area (Å²) >= 11 is 0. The van der Waals surface area contributed by atoms with Gasteiger partial charge in [-0.2, -0.15) is 0 Å². The number of hydrogen-bond donors (Lipinski definition) is 2. The van der Waals surface area contributed by atoms with Gasteiger partial charge >= 0.3 is 0 Å². The Bertz CT molecular complexity index is 690. The Hall–Kier alpha value is -2.65. The molecule has 0 radical (unpaired) electrons. The van der Waals surface area contributed by atoms with Crippen LogP contribution >= 0.6 is 0 Å². The lowest BCUT2D eigenvalue weighted by Crippen LogP contribution is -2.23. The quantitative estimate of drug-likeness (QED) is 0.818. The number of nitrogens with two attached hydrogens (primary N) is 1. The van der Waals surface area contributed by atoms with Gasteiger partial charge in [-0.15, -0.1) is 0 Å². The molecular weight excluding hydrogens is 268 g/mol. The third kappa shape index (κ3) is 3.91. The second-order valence-corrected chi connectivity index (χ2v) is 4.40. The van der Waals surface area contributed by atoms with Crippen molar-refractivity contribution in [3.63, 3.8) is 0 Å². The number of aromatic nitrogens is 2. The Labute approximate surface area is 122 Å². The predicted molar refractivity (Wildman–Crippen MR) is 77.3 cm³/mol. The molecular formula is C15H16N4O2. The lowest BCUT2D eigenvalue weighted by molar-refractivity contribution is 0.0946. The summed E-state index contributed by atoms with van der Waals surface area (Å²) in [6, 6.07) is 1.66. The van der Waals surface area contributed by atoms with E-state index in [1.165, 1.54) is 6.20 Å². The van der Waals surface area contributed by atoms with Gasteiger partial charge in [0.05, 0.1) is 24.3 Å². The SMILES string of the molecule is Cc1nc(CNC(=O)c2cncc(C#CCN)c2)oc1C. The van der Waals surface area contributed by atoms with Crippen LogP contribution in [0.2, 0.25) is 0 Å². The second kappa shape index (κ2) is 6.68. The van der Waals surface area contributed by atoms with Crippen molar-refractivity contribution in [3.8, 4) is 11.8 Å². The Morgan fingerprint density at radius 1 is 1.43 bits per heavy atom. The minimum absolute atomic E-state index is 0.228. The van der Waals surface area contributed by atoms with Gasteiger partial charge in [-0.05, 0) is 19.9 Å². The molecule has 6 nitrogen and oxygen atoms in total. The van der Waals surface area contributed by atoms with Gasteiger partial charge in [-0.25, -0.2) is 4.98 Å². The molecule has 0 aliphatic carbocycles. The smallest absolute Gasteiger partial charge is 0.253 e. The number of nitrogens with zero attached hydrogens (tertiary/aromatic N) is 2. The first-order valence-electron chi connectivity index (χ1n) is 6.45. The van der Waals surface area contributed by atoms with Crippen LogP contribution in [0.25, 0.3) is 0 Å². The number of oxazole rings is 1. The molecule has 0 aromatic carbocycles. The fourth-order valence-corrected chi connectivity index (χ4v) is 1.66. The Balaban J connectivity index is 2.03. The molecule has 1 amide bonds. The van der Waals surface area contributed by atoms with E-state index < -0.39 is 0 Å². The van der Waals surface area contributed by atoms with Gasteiger partial charge in [0.2, 0.25) is 5.89 Å². The van der Waals surface area contributed by atoms with E-state index in [2.05, 4.69) is 27.1 Å². The Morgan fingerprint density at radius 3 is 2.90 bits per heavy atom. The van der Waals surface area contributed by atoms with Crippen LogP contribution in [0, 0.1) is 25.7 Å². The molecule has 2 aromatic rings. The molecule has 0 atom stereocenters. The maximum absolute atomic E-state index is 12.0. The molecule has 0 spiro atoms. The van der Waals surface area contributed by atoms with Crippen molar-refractivity contribution in [2.75, 3.05) is 6.54 Å². The van der Waals surface area contributed by atoms with Gasteiger partial charge in [-0.3, -0.25) is 9.78 Å². The molecule has 2 heterocycles. The van der Waals surface area contributed by atoms with Crippen LogP contribution in [0.1, 0.15) is 33.3 Å². The van der Waals surface area contributed by atoms with Crippen molar-refractivity contribution in [2.24, 2.45) is 5.73 Å². The summed E-state index contributed by atoms with van der Waals surface area (Å²) in [5, 5.41) is 2.73.